The smallest absolute Gasteiger partial charge is 0.272 e. The van der Waals surface area contributed by atoms with Crippen LogP contribution in [0.4, 0.5) is 5.82 Å². The Morgan fingerprint density at radius 2 is 2.12 bits per heavy atom. The van der Waals surface area contributed by atoms with E-state index >= 15 is 0 Å². The summed E-state index contributed by atoms with van der Waals surface area (Å²) in [7, 11) is 3.92. The van der Waals surface area contributed by atoms with Gasteiger partial charge in [-0.25, -0.2) is 0 Å². The van der Waals surface area contributed by atoms with E-state index in [1.54, 1.807) is 4.90 Å². The van der Waals surface area contributed by atoms with Crippen LogP contribution in [0.25, 0.3) is 0 Å². The average Bonchev–Trinajstić information content (AvgIpc) is 3.01. The van der Waals surface area contributed by atoms with Crippen LogP contribution in [0, 0.1) is 0 Å². The van der Waals surface area contributed by atoms with Crippen LogP contribution < -0.4 is 5.73 Å². The van der Waals surface area contributed by atoms with E-state index in [9.17, 15) is 9.90 Å². The summed E-state index contributed by atoms with van der Waals surface area (Å²) in [6.45, 7) is 0.798. The number of carbonyl (C=O) groups excluding carboxylic acids is 1. The number of carbonyl (C=O) groups is 1. The third-order valence-corrected chi connectivity index (χ3v) is 4.89. The van der Waals surface area contributed by atoms with Crippen molar-refractivity contribution in [2.45, 2.75) is 18.1 Å². The molecular formula is C17H23N5O2. The first kappa shape index (κ1) is 16.5. The Labute approximate surface area is 141 Å². The fourth-order valence-corrected chi connectivity index (χ4v) is 3.57. The zero-order valence-electron chi connectivity index (χ0n) is 13.9. The molecule has 1 aromatic heterocycles. The van der Waals surface area contributed by atoms with Crippen molar-refractivity contribution in [2.75, 3.05) is 32.9 Å². The van der Waals surface area contributed by atoms with Gasteiger partial charge in [-0.15, -0.1) is 0 Å². The van der Waals surface area contributed by atoms with E-state index in [1.807, 2.05) is 49.3 Å². The molecule has 1 aromatic carbocycles. The summed E-state index contributed by atoms with van der Waals surface area (Å²) >= 11 is 0. The fourth-order valence-electron chi connectivity index (χ4n) is 3.57. The molecule has 0 saturated carbocycles. The number of anilines is 1. The molecule has 4 N–H and O–H groups in total. The first-order valence-electron chi connectivity index (χ1n) is 7.96. The molecule has 24 heavy (non-hydrogen) atoms. The highest BCUT2D eigenvalue weighted by Crippen LogP contribution is 2.37. The molecule has 7 nitrogen and oxygen atoms in total. The molecule has 1 fully saturated rings. The molecule has 1 amide bonds. The number of likely N-dealkylation sites (tertiary alicyclic amines) is 1. The SMILES string of the molecule is CN(C)[C@]1(c2ccccc2)CCN(C(=O)c2cc(N)n[nH]2)C[C@H]1O. The molecule has 128 valence electrons. The minimum Gasteiger partial charge on any atom is -0.389 e. The van der Waals surface area contributed by atoms with Crippen LogP contribution >= 0.6 is 0 Å². The van der Waals surface area contributed by atoms with Crippen molar-refractivity contribution in [3.63, 3.8) is 0 Å². The number of nitrogens with one attached hydrogen (secondary N) is 1. The molecule has 0 radical (unpaired) electrons. The number of hydrogen-bond acceptors (Lipinski definition) is 5. The van der Waals surface area contributed by atoms with Gasteiger partial charge in [0.1, 0.15) is 11.5 Å². The Morgan fingerprint density at radius 1 is 1.42 bits per heavy atom. The van der Waals surface area contributed by atoms with Gasteiger partial charge in [0, 0.05) is 19.2 Å². The number of nitrogen functional groups attached to an aromatic ring is 1. The number of β-amino-alcohol motifs (C(OH)–C–C–N with tert-alkyl or cyclic N) is 1. The molecule has 0 bridgehead atoms. The Bertz CT molecular complexity index is 715. The lowest BCUT2D eigenvalue weighted by atomic mass is 9.77. The van der Waals surface area contributed by atoms with Gasteiger partial charge >= 0.3 is 0 Å². The zero-order valence-corrected chi connectivity index (χ0v) is 13.9. The summed E-state index contributed by atoms with van der Waals surface area (Å²) in [6, 6.07) is 11.5. The van der Waals surface area contributed by atoms with Crippen LogP contribution in [0.15, 0.2) is 36.4 Å². The second-order valence-corrected chi connectivity index (χ2v) is 6.41. The predicted molar refractivity (Wildman–Crippen MR) is 91.3 cm³/mol. The number of benzene rings is 1. The largest absolute Gasteiger partial charge is 0.389 e. The molecule has 7 heteroatoms. The molecule has 1 aliphatic heterocycles. The highest BCUT2D eigenvalue weighted by Gasteiger charge is 2.46. The summed E-state index contributed by atoms with van der Waals surface area (Å²) in [5.74, 6) is 0.0847. The maximum absolute atomic E-state index is 12.6. The van der Waals surface area contributed by atoms with E-state index in [4.69, 9.17) is 5.73 Å². The standard InChI is InChI=1S/C17H23N5O2/c1-21(2)17(12-6-4-3-5-7-12)8-9-22(11-14(17)23)16(24)13-10-15(18)20-19-13/h3-7,10,14,23H,8-9,11H2,1-2H3,(H3,18,19,20)/t14-,17+/m1/s1. The zero-order chi connectivity index (χ0) is 17.3. The van der Waals surface area contributed by atoms with Gasteiger partial charge in [-0.05, 0) is 26.1 Å². The molecule has 0 spiro atoms. The van der Waals surface area contributed by atoms with Crippen LogP contribution in [-0.4, -0.2) is 64.3 Å². The summed E-state index contributed by atoms with van der Waals surface area (Å²) in [6.07, 6.45) is -0.0616. The molecule has 0 unspecified atom stereocenters. The summed E-state index contributed by atoms with van der Waals surface area (Å²) in [5.41, 5.74) is 6.45. The Kier molecular flexibility index (Phi) is 4.29. The number of aromatic amines is 1. The van der Waals surface area contributed by atoms with Crippen molar-refractivity contribution in [3.8, 4) is 0 Å². The van der Waals surface area contributed by atoms with Gasteiger partial charge in [0.2, 0.25) is 0 Å². The van der Waals surface area contributed by atoms with E-state index in [-0.39, 0.29) is 18.3 Å². The van der Waals surface area contributed by atoms with Crippen LogP contribution in [0.5, 0.6) is 0 Å². The van der Waals surface area contributed by atoms with Crippen molar-refractivity contribution in [2.24, 2.45) is 0 Å². The van der Waals surface area contributed by atoms with Gasteiger partial charge in [0.15, 0.2) is 0 Å². The Hall–Kier alpha value is -2.38. The number of likely N-dealkylation sites (N-methyl/N-ethyl adjacent to an activating group) is 1. The van der Waals surface area contributed by atoms with E-state index in [2.05, 4.69) is 10.2 Å². The number of aliphatic hydroxyl groups is 1. The summed E-state index contributed by atoms with van der Waals surface area (Å²) in [5, 5.41) is 17.4. The number of aliphatic hydroxyl groups excluding tert-OH is 1. The van der Waals surface area contributed by atoms with Gasteiger partial charge < -0.3 is 15.7 Å². The molecule has 3 rings (SSSR count). The summed E-state index contributed by atoms with van der Waals surface area (Å²) in [4.78, 5) is 16.2. The van der Waals surface area contributed by atoms with Crippen molar-refractivity contribution in [1.29, 1.82) is 0 Å². The minimum atomic E-state index is -0.701. The first-order chi connectivity index (χ1) is 11.4. The average molecular weight is 329 g/mol. The van der Waals surface area contributed by atoms with Gasteiger partial charge in [-0.3, -0.25) is 14.8 Å². The van der Waals surface area contributed by atoms with Crippen molar-refractivity contribution in [1.82, 2.24) is 20.0 Å². The predicted octanol–water partition coefficient (Wildman–Crippen LogP) is 0.656. The highest BCUT2D eigenvalue weighted by molar-refractivity contribution is 5.93. The van der Waals surface area contributed by atoms with Gasteiger partial charge in [0.05, 0.1) is 11.6 Å². The third kappa shape index (κ3) is 2.65. The Balaban J connectivity index is 1.84. The Morgan fingerprint density at radius 3 is 2.67 bits per heavy atom. The van der Waals surface area contributed by atoms with Crippen LogP contribution in [-0.2, 0) is 5.54 Å². The number of amides is 1. The molecule has 2 atom stereocenters. The lowest BCUT2D eigenvalue weighted by Gasteiger charge is -2.49. The van der Waals surface area contributed by atoms with E-state index in [0.717, 1.165) is 5.56 Å². The highest BCUT2D eigenvalue weighted by atomic mass is 16.3. The molecule has 2 aromatic rings. The first-order valence-corrected chi connectivity index (χ1v) is 7.96. The minimum absolute atomic E-state index is 0.196. The van der Waals surface area contributed by atoms with Crippen molar-refractivity contribution in [3.05, 3.63) is 47.7 Å². The lowest BCUT2D eigenvalue weighted by Crippen LogP contribution is -2.60. The quantitative estimate of drug-likeness (QED) is 0.768. The van der Waals surface area contributed by atoms with Gasteiger partial charge in [-0.2, -0.15) is 5.10 Å². The van der Waals surface area contributed by atoms with Crippen molar-refractivity contribution >= 4 is 11.7 Å². The van der Waals surface area contributed by atoms with E-state index < -0.39 is 11.6 Å². The molecular weight excluding hydrogens is 306 g/mol. The molecule has 1 aliphatic rings. The second-order valence-electron chi connectivity index (χ2n) is 6.41. The van der Waals surface area contributed by atoms with E-state index in [0.29, 0.717) is 18.7 Å². The van der Waals surface area contributed by atoms with Gasteiger partial charge in [0.25, 0.3) is 5.91 Å². The monoisotopic (exact) mass is 329 g/mol. The normalized spacial score (nSPS) is 24.3. The lowest BCUT2D eigenvalue weighted by molar-refractivity contribution is -0.0613. The summed E-state index contributed by atoms with van der Waals surface area (Å²) < 4.78 is 0. The topological polar surface area (TPSA) is 98.5 Å². The number of piperidine rings is 1. The number of nitrogens with zero attached hydrogens (tertiary/aromatic N) is 3. The number of H-pyrrole nitrogens is 1. The molecule has 0 aliphatic carbocycles. The second kappa shape index (κ2) is 6.26. The number of nitrogens with two attached hydrogens (primary N) is 1. The van der Waals surface area contributed by atoms with Crippen molar-refractivity contribution < 1.29 is 9.90 Å². The van der Waals surface area contributed by atoms with Crippen LogP contribution in [0.2, 0.25) is 0 Å². The van der Waals surface area contributed by atoms with Crippen LogP contribution in [0.1, 0.15) is 22.5 Å². The maximum atomic E-state index is 12.6. The van der Waals surface area contributed by atoms with Crippen LogP contribution in [0.3, 0.4) is 0 Å². The van der Waals surface area contributed by atoms with E-state index in [1.165, 1.54) is 6.07 Å². The third-order valence-electron chi connectivity index (χ3n) is 4.89. The number of rotatable bonds is 3. The van der Waals surface area contributed by atoms with Gasteiger partial charge in [-0.1, -0.05) is 30.3 Å². The molecule has 2 heterocycles. The molecule has 1 saturated heterocycles. The maximum Gasteiger partial charge on any atom is 0.272 e. The fraction of sp³-hybridized carbons (Fsp3) is 0.412. The number of hydrogen-bond donors (Lipinski definition) is 3. The number of aromatic nitrogens is 2.